The Hall–Kier alpha value is -2.27. The van der Waals surface area contributed by atoms with Crippen LogP contribution in [0.25, 0.3) is 0 Å². The molecule has 1 aromatic rings. The zero-order valence-electron chi connectivity index (χ0n) is 16.1. The molecule has 3 atom stereocenters. The predicted molar refractivity (Wildman–Crippen MR) is 104 cm³/mol. The minimum Gasteiger partial charge on any atom is -0.508 e. The summed E-state index contributed by atoms with van der Waals surface area (Å²) in [6.07, 6.45) is 7.26. The van der Waals surface area contributed by atoms with Gasteiger partial charge in [0.2, 0.25) is 0 Å². The third-order valence-electron chi connectivity index (χ3n) is 7.38. The number of hydrogen-bond acceptors (Lipinski definition) is 5. The Morgan fingerprint density at radius 3 is 3.00 bits per heavy atom. The summed E-state index contributed by atoms with van der Waals surface area (Å²) >= 11 is 0. The molecule has 5 nitrogen and oxygen atoms in total. The van der Waals surface area contributed by atoms with Crippen molar-refractivity contribution in [2.75, 3.05) is 25.5 Å². The van der Waals surface area contributed by atoms with Gasteiger partial charge in [-0.3, -0.25) is 4.90 Å². The van der Waals surface area contributed by atoms with Crippen LogP contribution in [0.15, 0.2) is 35.6 Å². The summed E-state index contributed by atoms with van der Waals surface area (Å²) in [5, 5.41) is 13.8. The lowest BCUT2D eigenvalue weighted by atomic mass is 9.55. The van der Waals surface area contributed by atoms with Crippen LogP contribution in [-0.4, -0.2) is 42.2 Å². The van der Waals surface area contributed by atoms with Crippen molar-refractivity contribution in [3.8, 4) is 5.75 Å². The molecule has 5 rings (SSSR count). The van der Waals surface area contributed by atoms with Gasteiger partial charge in [0.25, 0.3) is 0 Å². The second kappa shape index (κ2) is 5.38. The molecule has 142 valence electrons. The Morgan fingerprint density at radius 2 is 2.26 bits per heavy atom. The Labute approximate surface area is 159 Å². The van der Waals surface area contributed by atoms with Gasteiger partial charge < -0.3 is 15.2 Å². The van der Waals surface area contributed by atoms with E-state index >= 15 is 0 Å². The van der Waals surface area contributed by atoms with Crippen LogP contribution in [0.1, 0.15) is 37.3 Å². The molecule has 1 aromatic carbocycles. The fourth-order valence-corrected chi connectivity index (χ4v) is 6.21. The highest BCUT2D eigenvalue weighted by atomic mass is 16.5. The van der Waals surface area contributed by atoms with E-state index in [1.165, 1.54) is 12.7 Å². The van der Waals surface area contributed by atoms with E-state index in [1.54, 1.807) is 0 Å². The van der Waals surface area contributed by atoms with Gasteiger partial charge in [-0.15, -0.1) is 0 Å². The summed E-state index contributed by atoms with van der Waals surface area (Å²) < 4.78 is 5.19. The molecule has 2 N–H and O–H groups in total. The van der Waals surface area contributed by atoms with Gasteiger partial charge in [0.05, 0.1) is 18.1 Å². The van der Waals surface area contributed by atoms with Crippen molar-refractivity contribution in [3.05, 3.63) is 46.7 Å². The van der Waals surface area contributed by atoms with Crippen molar-refractivity contribution in [1.82, 2.24) is 4.90 Å². The van der Waals surface area contributed by atoms with E-state index in [0.717, 1.165) is 48.5 Å². The number of phenols is 1. The summed E-state index contributed by atoms with van der Waals surface area (Å²) in [6, 6.07) is 4.25. The fraction of sp³-hybridized carbons (Fsp3) is 0.500. The number of rotatable bonds is 2. The average molecular weight is 366 g/mol. The molecule has 0 radical (unpaired) electrons. The first-order valence-corrected chi connectivity index (χ1v) is 9.81. The van der Waals surface area contributed by atoms with E-state index in [4.69, 9.17) is 4.74 Å². The first-order valence-electron chi connectivity index (χ1n) is 9.81. The highest BCUT2D eigenvalue weighted by molar-refractivity contribution is 5.93. The molecule has 0 bridgehead atoms. The van der Waals surface area contributed by atoms with Crippen molar-refractivity contribution in [3.63, 3.8) is 0 Å². The number of ether oxygens (including phenoxy) is 1. The summed E-state index contributed by atoms with van der Waals surface area (Å²) in [6.45, 7) is 6.14. The zero-order chi connectivity index (χ0) is 19.0. The number of anilines is 1. The first kappa shape index (κ1) is 16.9. The predicted octanol–water partition coefficient (Wildman–Crippen LogP) is 3.24. The van der Waals surface area contributed by atoms with Crippen LogP contribution in [0, 0.1) is 12.3 Å². The third-order valence-corrected chi connectivity index (χ3v) is 7.38. The van der Waals surface area contributed by atoms with Crippen LogP contribution < -0.4 is 5.32 Å². The van der Waals surface area contributed by atoms with Gasteiger partial charge >= 0.3 is 5.97 Å². The monoisotopic (exact) mass is 366 g/mol. The summed E-state index contributed by atoms with van der Waals surface area (Å²) in [5.74, 6) is 0.0472. The summed E-state index contributed by atoms with van der Waals surface area (Å²) in [5.41, 5.74) is 4.47. The van der Waals surface area contributed by atoms with Crippen molar-refractivity contribution < 1.29 is 14.6 Å². The third kappa shape index (κ3) is 1.90. The Morgan fingerprint density at radius 1 is 1.44 bits per heavy atom. The van der Waals surface area contributed by atoms with E-state index in [-0.39, 0.29) is 22.5 Å². The number of aryl methyl sites for hydroxylation is 1. The number of carbonyl (C=O) groups excluding carboxylic acids is 1. The maximum Gasteiger partial charge on any atom is 0.335 e. The molecule has 1 aliphatic carbocycles. The average Bonchev–Trinajstić information content (AvgIpc) is 3.22. The number of aromatic hydroxyl groups is 1. The van der Waals surface area contributed by atoms with Gasteiger partial charge in [0, 0.05) is 42.0 Å². The van der Waals surface area contributed by atoms with E-state index in [2.05, 4.69) is 35.4 Å². The van der Waals surface area contributed by atoms with Gasteiger partial charge in [-0.1, -0.05) is 19.1 Å². The minimum absolute atomic E-state index is 0.0726. The SMILES string of the molecule is CCC12C=CCN3CCC4(C(=C(C(=O)OC)C1)Nc1cc(O)c(C)cc14)C32. The topological polar surface area (TPSA) is 61.8 Å². The molecule has 0 amide bonds. The van der Waals surface area contributed by atoms with Gasteiger partial charge in [0.15, 0.2) is 0 Å². The maximum absolute atomic E-state index is 12.8. The summed E-state index contributed by atoms with van der Waals surface area (Å²) in [4.78, 5) is 15.4. The second-order valence-corrected chi connectivity index (χ2v) is 8.44. The van der Waals surface area contributed by atoms with Gasteiger partial charge in [-0.05, 0) is 43.4 Å². The second-order valence-electron chi connectivity index (χ2n) is 8.44. The van der Waals surface area contributed by atoms with E-state index in [1.807, 2.05) is 13.0 Å². The van der Waals surface area contributed by atoms with Crippen LogP contribution in [0.3, 0.4) is 0 Å². The molecule has 4 aliphatic rings. The largest absolute Gasteiger partial charge is 0.508 e. The first-order chi connectivity index (χ1) is 13.0. The van der Waals surface area contributed by atoms with E-state index in [0.29, 0.717) is 12.5 Å². The molecular weight excluding hydrogens is 340 g/mol. The highest BCUT2D eigenvalue weighted by Crippen LogP contribution is 2.64. The molecule has 1 spiro atoms. The molecule has 1 fully saturated rings. The number of hydrogen-bond donors (Lipinski definition) is 2. The molecular formula is C22H26N2O3. The molecule has 3 heterocycles. The molecule has 3 unspecified atom stereocenters. The van der Waals surface area contributed by atoms with Crippen LogP contribution in [-0.2, 0) is 14.9 Å². The van der Waals surface area contributed by atoms with E-state index < -0.39 is 0 Å². The number of phenolic OH excluding ortho intramolecular Hbond substituents is 1. The van der Waals surface area contributed by atoms with Gasteiger partial charge in [0.1, 0.15) is 5.75 Å². The standard InChI is InChI=1S/C22H26N2O3/c1-4-21-6-5-8-24-9-7-22(20(21)24)15-10-13(2)17(25)11-16(15)23-18(22)14(12-21)19(26)27-3/h5-6,10-11,20,23,25H,4,7-9,12H2,1-3H3. The number of benzene rings is 1. The number of fused-ring (bicyclic) bond motifs is 1. The Bertz CT molecular complexity index is 918. The highest BCUT2D eigenvalue weighted by Gasteiger charge is 2.65. The van der Waals surface area contributed by atoms with Crippen molar-refractivity contribution in [1.29, 1.82) is 0 Å². The molecule has 0 aromatic heterocycles. The van der Waals surface area contributed by atoms with E-state index in [9.17, 15) is 9.90 Å². The smallest absolute Gasteiger partial charge is 0.335 e. The van der Waals surface area contributed by atoms with Crippen LogP contribution in [0.5, 0.6) is 5.75 Å². The molecule has 3 aliphatic heterocycles. The fourth-order valence-electron chi connectivity index (χ4n) is 6.21. The van der Waals surface area contributed by atoms with Crippen molar-refractivity contribution in [2.24, 2.45) is 5.41 Å². The molecule has 0 saturated carbocycles. The van der Waals surface area contributed by atoms with Gasteiger partial charge in [-0.25, -0.2) is 4.79 Å². The molecule has 27 heavy (non-hydrogen) atoms. The van der Waals surface area contributed by atoms with Crippen molar-refractivity contribution in [2.45, 2.75) is 44.6 Å². The number of nitrogens with one attached hydrogen (secondary N) is 1. The maximum atomic E-state index is 12.8. The normalized spacial score (nSPS) is 33.4. The zero-order valence-corrected chi connectivity index (χ0v) is 16.1. The van der Waals surface area contributed by atoms with Gasteiger partial charge in [-0.2, -0.15) is 0 Å². The van der Waals surface area contributed by atoms with Crippen LogP contribution in [0.2, 0.25) is 0 Å². The van der Waals surface area contributed by atoms with Crippen LogP contribution in [0.4, 0.5) is 5.69 Å². The number of nitrogens with zero attached hydrogens (tertiary/aromatic N) is 1. The Balaban J connectivity index is 1.84. The lowest BCUT2D eigenvalue weighted by Gasteiger charge is -2.53. The minimum atomic E-state index is -0.241. The number of carbonyl (C=O) groups is 1. The Kier molecular flexibility index (Phi) is 3.36. The van der Waals surface area contributed by atoms with Crippen LogP contribution >= 0.6 is 0 Å². The molecule has 5 heteroatoms. The van der Waals surface area contributed by atoms with Crippen molar-refractivity contribution >= 4 is 11.7 Å². The number of methoxy groups -OCH3 is 1. The lowest BCUT2D eigenvalue weighted by molar-refractivity contribution is -0.137. The lowest BCUT2D eigenvalue weighted by Crippen LogP contribution is -2.58. The summed E-state index contributed by atoms with van der Waals surface area (Å²) in [7, 11) is 1.46. The number of esters is 1. The molecule has 1 saturated heterocycles. The quantitative estimate of drug-likeness (QED) is 0.622.